The van der Waals surface area contributed by atoms with E-state index >= 15 is 0 Å². The summed E-state index contributed by atoms with van der Waals surface area (Å²) in [5, 5.41) is 13.2. The topological polar surface area (TPSA) is 46.0 Å². The van der Waals surface area contributed by atoms with Gasteiger partial charge in [0.2, 0.25) is 0 Å². The first-order valence-electron chi connectivity index (χ1n) is 9.75. The molecule has 0 aliphatic heterocycles. The number of rotatable bonds is 2. The molecule has 0 aliphatic rings. The summed E-state index contributed by atoms with van der Waals surface area (Å²) in [4.78, 5) is 9.90. The van der Waals surface area contributed by atoms with E-state index in [1.54, 1.807) is 0 Å². The summed E-state index contributed by atoms with van der Waals surface area (Å²) in [7, 11) is 0. The smallest absolute Gasteiger partial charge is 0.108 e. The predicted molar refractivity (Wildman–Crippen MR) is 114 cm³/mol. The van der Waals surface area contributed by atoms with Crippen LogP contribution in [0.25, 0.3) is 21.8 Å². The maximum absolute atomic E-state index is 11.1. The van der Waals surface area contributed by atoms with Crippen molar-refractivity contribution in [1.82, 2.24) is 9.97 Å². The minimum absolute atomic E-state index is 0.139. The third-order valence-corrected chi connectivity index (χ3v) is 6.24. The molecule has 0 fully saturated rings. The lowest BCUT2D eigenvalue weighted by molar-refractivity contribution is -0.0503. The Morgan fingerprint density at radius 2 is 1.22 bits per heavy atom. The molecule has 0 bridgehead atoms. The largest absolute Gasteiger partial charge is 0.383 e. The van der Waals surface area contributed by atoms with Gasteiger partial charge in [-0.2, -0.15) is 0 Å². The fourth-order valence-electron chi connectivity index (χ4n) is 3.12. The van der Waals surface area contributed by atoms with Crippen LogP contribution >= 0.6 is 0 Å². The quantitative estimate of drug-likeness (QED) is 0.552. The number of nitrogens with zero attached hydrogens (tertiary/aromatic N) is 2. The molecule has 0 saturated carbocycles. The molecule has 0 aliphatic carbocycles. The molecule has 3 aromatic rings. The zero-order valence-corrected chi connectivity index (χ0v) is 17.9. The lowest BCUT2D eigenvalue weighted by atomic mass is 9.75. The fraction of sp³-hybridized carbons (Fsp3) is 0.500. The Bertz CT molecular complexity index is 991. The van der Waals surface area contributed by atoms with Crippen LogP contribution in [0, 0.1) is 10.8 Å². The Hall–Kier alpha value is -2.00. The van der Waals surface area contributed by atoms with E-state index in [0.29, 0.717) is 11.6 Å². The van der Waals surface area contributed by atoms with Gasteiger partial charge in [-0.1, -0.05) is 72.7 Å². The molecule has 0 saturated heterocycles. The Morgan fingerprint density at radius 3 is 1.74 bits per heavy atom. The van der Waals surface area contributed by atoms with Crippen molar-refractivity contribution in [2.45, 2.75) is 66.9 Å². The van der Waals surface area contributed by atoms with Crippen molar-refractivity contribution >= 4 is 21.8 Å². The molecular formula is C24H32N2O. The van der Waals surface area contributed by atoms with Gasteiger partial charge in [-0.3, -0.25) is 4.98 Å². The van der Waals surface area contributed by atoms with Crippen LogP contribution in [0.5, 0.6) is 0 Å². The summed E-state index contributed by atoms with van der Waals surface area (Å²) < 4.78 is 0. The van der Waals surface area contributed by atoms with Crippen LogP contribution < -0.4 is 0 Å². The molecular weight excluding hydrogens is 332 g/mol. The summed E-state index contributed by atoms with van der Waals surface area (Å²) in [6.45, 7) is 16.9. The van der Waals surface area contributed by atoms with Crippen LogP contribution in [0.1, 0.15) is 72.7 Å². The van der Waals surface area contributed by atoms with Crippen LogP contribution in [0.15, 0.2) is 36.4 Å². The molecule has 0 radical (unpaired) electrons. The van der Waals surface area contributed by atoms with E-state index in [9.17, 15) is 5.11 Å². The molecule has 27 heavy (non-hydrogen) atoms. The van der Waals surface area contributed by atoms with E-state index < -0.39 is 5.60 Å². The third kappa shape index (κ3) is 3.45. The molecule has 1 aromatic carbocycles. The molecule has 144 valence electrons. The van der Waals surface area contributed by atoms with Crippen LogP contribution in [-0.4, -0.2) is 15.1 Å². The first-order chi connectivity index (χ1) is 12.3. The van der Waals surface area contributed by atoms with E-state index in [0.717, 1.165) is 27.5 Å². The minimum atomic E-state index is -1.03. The fourth-order valence-corrected chi connectivity index (χ4v) is 3.12. The van der Waals surface area contributed by atoms with Crippen LogP contribution in [0.3, 0.4) is 0 Å². The lowest BCUT2D eigenvalue weighted by Gasteiger charge is -2.36. The number of hydrogen-bond donors (Lipinski definition) is 1. The van der Waals surface area contributed by atoms with Gasteiger partial charge in [-0.15, -0.1) is 0 Å². The van der Waals surface area contributed by atoms with E-state index in [4.69, 9.17) is 9.97 Å². The van der Waals surface area contributed by atoms with Gasteiger partial charge in [0, 0.05) is 22.4 Å². The zero-order valence-electron chi connectivity index (χ0n) is 17.9. The molecule has 2 atom stereocenters. The zero-order chi connectivity index (χ0) is 20.2. The van der Waals surface area contributed by atoms with Gasteiger partial charge in [0.1, 0.15) is 5.60 Å². The summed E-state index contributed by atoms with van der Waals surface area (Å²) in [5.74, 6) is 0.332. The van der Waals surface area contributed by atoms with Gasteiger partial charge in [0.25, 0.3) is 0 Å². The Labute approximate surface area is 162 Å². The van der Waals surface area contributed by atoms with Gasteiger partial charge in [0.15, 0.2) is 0 Å². The van der Waals surface area contributed by atoms with E-state index in [-0.39, 0.29) is 10.8 Å². The molecule has 2 heterocycles. The highest BCUT2D eigenvalue weighted by Gasteiger charge is 2.38. The standard InChI is InChI=1S/C24H32N2O/c1-15(22(2,3)4)18-13-11-16-9-10-17-12-14-19(24(8,27)23(5,6)7)26-21(17)20(16)25-18/h9-15,27H,1-8H3. The van der Waals surface area contributed by atoms with Crippen molar-refractivity contribution in [1.29, 1.82) is 0 Å². The third-order valence-electron chi connectivity index (χ3n) is 6.24. The van der Waals surface area contributed by atoms with Crippen molar-refractivity contribution < 1.29 is 5.11 Å². The molecule has 2 aromatic heterocycles. The van der Waals surface area contributed by atoms with Crippen LogP contribution in [-0.2, 0) is 5.60 Å². The SMILES string of the molecule is CC(c1ccc2ccc3ccc(C(C)(O)C(C)(C)C)nc3c2n1)C(C)(C)C. The summed E-state index contributed by atoms with van der Waals surface area (Å²) in [6.07, 6.45) is 0. The Kier molecular flexibility index (Phi) is 4.59. The van der Waals surface area contributed by atoms with E-state index in [2.05, 4.69) is 52.0 Å². The van der Waals surface area contributed by atoms with Crippen molar-refractivity contribution in [2.75, 3.05) is 0 Å². The Morgan fingerprint density at radius 1 is 0.741 bits per heavy atom. The first-order valence-corrected chi connectivity index (χ1v) is 9.75. The van der Waals surface area contributed by atoms with Crippen molar-refractivity contribution in [2.24, 2.45) is 10.8 Å². The highest BCUT2D eigenvalue weighted by molar-refractivity contribution is 6.02. The molecule has 1 N–H and O–H groups in total. The normalized spacial score (nSPS) is 16.5. The van der Waals surface area contributed by atoms with Crippen LogP contribution in [0.2, 0.25) is 0 Å². The highest BCUT2D eigenvalue weighted by Crippen LogP contribution is 2.39. The van der Waals surface area contributed by atoms with Gasteiger partial charge >= 0.3 is 0 Å². The molecule has 0 spiro atoms. The van der Waals surface area contributed by atoms with E-state index in [1.165, 1.54) is 0 Å². The van der Waals surface area contributed by atoms with Gasteiger partial charge in [0.05, 0.1) is 16.7 Å². The summed E-state index contributed by atoms with van der Waals surface area (Å²) in [6, 6.07) is 12.4. The first kappa shape index (κ1) is 19.8. The second kappa shape index (κ2) is 6.27. The van der Waals surface area contributed by atoms with Crippen LogP contribution in [0.4, 0.5) is 0 Å². The van der Waals surface area contributed by atoms with Gasteiger partial charge in [-0.05, 0) is 29.9 Å². The monoisotopic (exact) mass is 364 g/mol. The maximum Gasteiger partial charge on any atom is 0.108 e. The lowest BCUT2D eigenvalue weighted by Crippen LogP contribution is -2.37. The minimum Gasteiger partial charge on any atom is -0.383 e. The van der Waals surface area contributed by atoms with Crippen molar-refractivity contribution in [3.8, 4) is 0 Å². The second-order valence-corrected chi connectivity index (χ2v) is 10.1. The maximum atomic E-state index is 11.1. The highest BCUT2D eigenvalue weighted by atomic mass is 16.3. The van der Waals surface area contributed by atoms with E-state index in [1.807, 2.05) is 39.8 Å². The number of fused-ring (bicyclic) bond motifs is 3. The molecule has 2 unspecified atom stereocenters. The Balaban J connectivity index is 2.26. The van der Waals surface area contributed by atoms with Crippen molar-refractivity contribution in [3.05, 3.63) is 47.8 Å². The molecule has 3 nitrogen and oxygen atoms in total. The molecule has 3 heteroatoms. The number of pyridine rings is 2. The molecule has 0 amide bonds. The van der Waals surface area contributed by atoms with Gasteiger partial charge in [-0.25, -0.2) is 4.98 Å². The summed E-state index contributed by atoms with van der Waals surface area (Å²) in [5.41, 5.74) is 2.32. The number of benzene rings is 1. The second-order valence-electron chi connectivity index (χ2n) is 10.1. The molecule has 3 rings (SSSR count). The van der Waals surface area contributed by atoms with Crippen molar-refractivity contribution in [3.63, 3.8) is 0 Å². The average molecular weight is 365 g/mol. The van der Waals surface area contributed by atoms with Gasteiger partial charge < -0.3 is 5.11 Å². The predicted octanol–water partition coefficient (Wildman–Crippen LogP) is 6.19. The number of hydrogen-bond acceptors (Lipinski definition) is 3. The number of aromatic nitrogens is 2. The average Bonchev–Trinajstić information content (AvgIpc) is 2.58. The summed E-state index contributed by atoms with van der Waals surface area (Å²) >= 11 is 0. The number of aliphatic hydroxyl groups is 1.